The lowest BCUT2D eigenvalue weighted by Gasteiger charge is -2.40. The van der Waals surface area contributed by atoms with Crippen LogP contribution in [0.2, 0.25) is 0 Å². The standard InChI is InChI=1S/C16H26N2O3/c19-14(20)11-16(8-4-9-16)12-18-15(21)17-10-7-13-5-2-1-3-6-13/h5H,1-4,6-12H2,(H,19,20)(H2,17,18,21). The third-order valence-electron chi connectivity index (χ3n) is 4.68. The number of urea groups is 1. The molecule has 5 heteroatoms. The molecule has 118 valence electrons. The van der Waals surface area contributed by atoms with Crippen LogP contribution in [0.4, 0.5) is 4.79 Å². The molecular formula is C16H26N2O3. The molecule has 5 nitrogen and oxygen atoms in total. The Balaban J connectivity index is 1.62. The highest BCUT2D eigenvalue weighted by Gasteiger charge is 2.39. The van der Waals surface area contributed by atoms with E-state index in [0.717, 1.165) is 32.1 Å². The van der Waals surface area contributed by atoms with Crippen LogP contribution in [0, 0.1) is 5.41 Å². The van der Waals surface area contributed by atoms with Crippen molar-refractivity contribution in [1.29, 1.82) is 0 Å². The summed E-state index contributed by atoms with van der Waals surface area (Å²) in [4.78, 5) is 22.6. The van der Waals surface area contributed by atoms with E-state index in [1.54, 1.807) is 0 Å². The van der Waals surface area contributed by atoms with E-state index in [1.165, 1.54) is 24.8 Å². The van der Waals surface area contributed by atoms with Crippen molar-refractivity contribution in [3.63, 3.8) is 0 Å². The first kappa shape index (κ1) is 15.9. The maximum absolute atomic E-state index is 11.8. The summed E-state index contributed by atoms with van der Waals surface area (Å²) in [6.45, 7) is 1.12. The molecule has 0 spiro atoms. The highest BCUT2D eigenvalue weighted by atomic mass is 16.4. The van der Waals surface area contributed by atoms with Crippen molar-refractivity contribution in [1.82, 2.24) is 10.6 Å². The van der Waals surface area contributed by atoms with Crippen LogP contribution in [-0.4, -0.2) is 30.2 Å². The number of carboxylic acid groups (broad SMARTS) is 1. The molecule has 0 unspecified atom stereocenters. The Bertz CT molecular complexity index is 414. The van der Waals surface area contributed by atoms with Gasteiger partial charge in [-0.15, -0.1) is 0 Å². The van der Waals surface area contributed by atoms with Crippen molar-refractivity contribution in [2.75, 3.05) is 13.1 Å². The van der Waals surface area contributed by atoms with E-state index in [-0.39, 0.29) is 17.9 Å². The van der Waals surface area contributed by atoms with Gasteiger partial charge in [0.05, 0.1) is 6.42 Å². The van der Waals surface area contributed by atoms with Crippen molar-refractivity contribution in [2.45, 2.75) is 57.8 Å². The number of nitrogens with one attached hydrogen (secondary N) is 2. The quantitative estimate of drug-likeness (QED) is 0.632. The maximum atomic E-state index is 11.8. The molecule has 21 heavy (non-hydrogen) atoms. The van der Waals surface area contributed by atoms with Gasteiger partial charge in [0.1, 0.15) is 0 Å². The summed E-state index contributed by atoms with van der Waals surface area (Å²) in [6, 6.07) is -0.178. The Labute approximate surface area is 126 Å². The lowest BCUT2D eigenvalue weighted by molar-refractivity contribution is -0.141. The fourth-order valence-corrected chi connectivity index (χ4v) is 3.21. The fourth-order valence-electron chi connectivity index (χ4n) is 3.21. The average molecular weight is 294 g/mol. The lowest BCUT2D eigenvalue weighted by Crippen LogP contribution is -2.46. The third kappa shape index (κ3) is 5.06. The molecular weight excluding hydrogens is 268 g/mol. The largest absolute Gasteiger partial charge is 0.481 e. The minimum absolute atomic E-state index is 0.153. The predicted octanol–water partition coefficient (Wildman–Crippen LogP) is 2.82. The van der Waals surface area contributed by atoms with Crippen LogP contribution < -0.4 is 10.6 Å². The number of aliphatic carboxylic acids is 1. The molecule has 0 aromatic carbocycles. The molecule has 0 saturated heterocycles. The second-order valence-electron chi connectivity index (χ2n) is 6.39. The smallest absolute Gasteiger partial charge is 0.314 e. The Hall–Kier alpha value is -1.52. The van der Waals surface area contributed by atoms with Crippen LogP contribution in [-0.2, 0) is 4.79 Å². The summed E-state index contributed by atoms with van der Waals surface area (Å²) >= 11 is 0. The fraction of sp³-hybridized carbons (Fsp3) is 0.750. The number of carbonyl (C=O) groups is 2. The van der Waals surface area contributed by atoms with Gasteiger partial charge in [-0.3, -0.25) is 4.79 Å². The summed E-state index contributed by atoms with van der Waals surface area (Å²) in [5.74, 6) is -0.777. The molecule has 2 rings (SSSR count). The number of rotatable bonds is 7. The molecule has 0 radical (unpaired) electrons. The van der Waals surface area contributed by atoms with E-state index in [0.29, 0.717) is 13.1 Å². The molecule has 0 aliphatic heterocycles. The number of amides is 2. The van der Waals surface area contributed by atoms with Crippen LogP contribution in [0.1, 0.15) is 57.8 Å². The predicted molar refractivity (Wildman–Crippen MR) is 81.1 cm³/mol. The summed E-state index contributed by atoms with van der Waals surface area (Å²) in [5, 5.41) is 14.6. The van der Waals surface area contributed by atoms with Gasteiger partial charge in [-0.2, -0.15) is 0 Å². The first-order valence-corrected chi connectivity index (χ1v) is 8.01. The zero-order valence-corrected chi connectivity index (χ0v) is 12.6. The van der Waals surface area contributed by atoms with Gasteiger partial charge in [0.2, 0.25) is 0 Å². The van der Waals surface area contributed by atoms with Crippen LogP contribution in [0.25, 0.3) is 0 Å². The highest BCUT2D eigenvalue weighted by molar-refractivity contribution is 5.74. The normalized spacial score (nSPS) is 20.1. The van der Waals surface area contributed by atoms with Gasteiger partial charge >= 0.3 is 12.0 Å². The average Bonchev–Trinajstić information content (AvgIpc) is 2.42. The van der Waals surface area contributed by atoms with Gasteiger partial charge in [-0.25, -0.2) is 4.79 Å². The van der Waals surface area contributed by atoms with Crippen LogP contribution in [0.3, 0.4) is 0 Å². The van der Waals surface area contributed by atoms with Gasteiger partial charge in [0.15, 0.2) is 0 Å². The Morgan fingerprint density at radius 1 is 1.19 bits per heavy atom. The molecule has 0 atom stereocenters. The van der Waals surface area contributed by atoms with Gasteiger partial charge in [0.25, 0.3) is 0 Å². The number of hydrogen-bond acceptors (Lipinski definition) is 2. The Morgan fingerprint density at radius 3 is 2.57 bits per heavy atom. The summed E-state index contributed by atoms with van der Waals surface area (Å²) < 4.78 is 0. The molecule has 0 aromatic heterocycles. The van der Waals surface area contributed by atoms with Crippen molar-refractivity contribution in [3.05, 3.63) is 11.6 Å². The van der Waals surface area contributed by atoms with Crippen LogP contribution in [0.5, 0.6) is 0 Å². The van der Waals surface area contributed by atoms with E-state index < -0.39 is 5.97 Å². The Morgan fingerprint density at radius 2 is 2.00 bits per heavy atom. The van der Waals surface area contributed by atoms with Gasteiger partial charge < -0.3 is 15.7 Å². The zero-order valence-electron chi connectivity index (χ0n) is 12.6. The van der Waals surface area contributed by atoms with Crippen molar-refractivity contribution in [3.8, 4) is 0 Å². The zero-order chi connectivity index (χ0) is 15.1. The van der Waals surface area contributed by atoms with Crippen LogP contribution >= 0.6 is 0 Å². The highest BCUT2D eigenvalue weighted by Crippen LogP contribution is 2.43. The van der Waals surface area contributed by atoms with Gasteiger partial charge in [-0.1, -0.05) is 18.1 Å². The second-order valence-corrected chi connectivity index (χ2v) is 6.39. The maximum Gasteiger partial charge on any atom is 0.314 e. The molecule has 1 saturated carbocycles. The minimum atomic E-state index is -0.777. The summed E-state index contributed by atoms with van der Waals surface area (Å²) in [5.41, 5.74) is 1.23. The molecule has 3 N–H and O–H groups in total. The topological polar surface area (TPSA) is 78.4 Å². The van der Waals surface area contributed by atoms with Crippen LogP contribution in [0.15, 0.2) is 11.6 Å². The third-order valence-corrected chi connectivity index (χ3v) is 4.68. The van der Waals surface area contributed by atoms with E-state index in [2.05, 4.69) is 16.7 Å². The molecule has 2 aliphatic rings. The minimum Gasteiger partial charge on any atom is -0.481 e. The molecule has 1 fully saturated rings. The molecule has 2 aliphatic carbocycles. The first-order valence-electron chi connectivity index (χ1n) is 8.01. The SMILES string of the molecule is O=C(O)CC1(CNC(=O)NCCC2=CCCCC2)CCC1. The van der Waals surface area contributed by atoms with E-state index in [9.17, 15) is 9.59 Å². The van der Waals surface area contributed by atoms with Crippen molar-refractivity contribution < 1.29 is 14.7 Å². The van der Waals surface area contributed by atoms with Gasteiger partial charge in [0, 0.05) is 13.1 Å². The van der Waals surface area contributed by atoms with Gasteiger partial charge in [-0.05, 0) is 50.4 Å². The number of hydrogen-bond donors (Lipinski definition) is 3. The molecule has 0 aromatic rings. The van der Waals surface area contributed by atoms with E-state index in [1.807, 2.05) is 0 Å². The monoisotopic (exact) mass is 294 g/mol. The number of carboxylic acids is 1. The van der Waals surface area contributed by atoms with Crippen molar-refractivity contribution >= 4 is 12.0 Å². The molecule has 0 bridgehead atoms. The van der Waals surface area contributed by atoms with E-state index in [4.69, 9.17) is 5.11 Å². The number of allylic oxidation sites excluding steroid dienone is 1. The summed E-state index contributed by atoms with van der Waals surface area (Å²) in [6.07, 6.45) is 11.1. The molecule has 2 amide bonds. The first-order chi connectivity index (χ1) is 10.1. The molecule has 0 heterocycles. The lowest BCUT2D eigenvalue weighted by atomic mass is 9.66. The number of carbonyl (C=O) groups excluding carboxylic acids is 1. The summed E-state index contributed by atoms with van der Waals surface area (Å²) in [7, 11) is 0. The second kappa shape index (κ2) is 7.48. The van der Waals surface area contributed by atoms with E-state index >= 15 is 0 Å². The Kier molecular flexibility index (Phi) is 5.65. The van der Waals surface area contributed by atoms with Crippen molar-refractivity contribution in [2.24, 2.45) is 5.41 Å².